The van der Waals surface area contributed by atoms with Gasteiger partial charge in [-0.1, -0.05) is 82.3 Å². The topological polar surface area (TPSA) is 101 Å². The zero-order chi connectivity index (χ0) is 34.8. The van der Waals surface area contributed by atoms with Crippen LogP contribution in [-0.2, 0) is 11.8 Å². The highest BCUT2D eigenvalue weighted by atomic mass is 16.2. The van der Waals surface area contributed by atoms with Crippen LogP contribution < -0.4 is 10.2 Å². The highest BCUT2D eigenvalue weighted by molar-refractivity contribution is 6.35. The molecule has 0 bridgehead atoms. The van der Waals surface area contributed by atoms with Gasteiger partial charge in [0.2, 0.25) is 0 Å². The molecule has 4 aromatic carbocycles. The first kappa shape index (κ1) is 34.2. The minimum atomic E-state index is -0.513. The molecule has 3 amide bonds. The molecule has 0 aliphatic carbocycles. The second kappa shape index (κ2) is 13.5. The van der Waals surface area contributed by atoms with E-state index >= 15 is 0 Å². The Hall–Kier alpha value is -5.17. The Kier molecular flexibility index (Phi) is 9.62. The summed E-state index contributed by atoms with van der Waals surface area (Å²) >= 11 is 0. The lowest BCUT2D eigenvalue weighted by molar-refractivity contribution is 0.0902. The Morgan fingerprint density at radius 1 is 0.708 bits per heavy atom. The van der Waals surface area contributed by atoms with E-state index in [0.717, 1.165) is 29.7 Å². The molecule has 1 N–H and O–H groups in total. The zero-order valence-corrected chi connectivity index (χ0v) is 28.5. The number of fused-ring (bicyclic) bond motifs is 1. The monoisotopic (exact) mass is 642 g/mol. The summed E-state index contributed by atoms with van der Waals surface area (Å²) < 4.78 is 0. The fourth-order valence-electron chi connectivity index (χ4n) is 5.93. The highest BCUT2D eigenvalue weighted by Crippen LogP contribution is 2.32. The van der Waals surface area contributed by atoms with Gasteiger partial charge in [-0.3, -0.25) is 24.0 Å². The van der Waals surface area contributed by atoms with Crippen molar-refractivity contribution in [3.05, 3.63) is 135 Å². The second-order valence-corrected chi connectivity index (χ2v) is 13.5. The van der Waals surface area contributed by atoms with Crippen LogP contribution in [0.1, 0.15) is 135 Å². The van der Waals surface area contributed by atoms with Gasteiger partial charge in [0.1, 0.15) is 0 Å². The maximum atomic E-state index is 13.6. The molecule has 0 saturated heterocycles. The van der Waals surface area contributed by atoms with Gasteiger partial charge in [0.25, 0.3) is 17.7 Å². The number of benzene rings is 4. The lowest BCUT2D eigenvalue weighted by Gasteiger charge is -2.27. The smallest absolute Gasteiger partial charge is 0.266 e. The number of aldehydes is 1. The summed E-state index contributed by atoms with van der Waals surface area (Å²) in [7, 11) is 0. The number of hydrogen-bond acceptors (Lipinski definition) is 5. The predicted molar refractivity (Wildman–Crippen MR) is 188 cm³/mol. The van der Waals surface area contributed by atoms with Crippen LogP contribution in [0.2, 0.25) is 0 Å². The summed E-state index contributed by atoms with van der Waals surface area (Å²) in [6.07, 6.45) is 4.12. The molecule has 0 radical (unpaired) electrons. The molecule has 7 heteroatoms. The minimum absolute atomic E-state index is 0.0902. The Bertz CT molecular complexity index is 1900. The molecule has 0 atom stereocenters. The number of ketones is 1. The summed E-state index contributed by atoms with van der Waals surface area (Å²) in [5, 5.41) is 2.90. The van der Waals surface area contributed by atoms with E-state index in [1.54, 1.807) is 12.1 Å². The Morgan fingerprint density at radius 3 is 1.85 bits per heavy atom. The van der Waals surface area contributed by atoms with Crippen LogP contribution in [0.3, 0.4) is 0 Å². The maximum absolute atomic E-state index is 13.6. The highest BCUT2D eigenvalue weighted by Gasteiger charge is 2.37. The van der Waals surface area contributed by atoms with Crippen molar-refractivity contribution >= 4 is 35.5 Å². The first-order valence-electron chi connectivity index (χ1n) is 16.5. The molecule has 1 heterocycles. The van der Waals surface area contributed by atoms with Crippen LogP contribution in [0.15, 0.2) is 84.9 Å². The molecule has 0 unspecified atom stereocenters. The second-order valence-electron chi connectivity index (χ2n) is 13.5. The molecule has 246 valence electrons. The SMILES string of the molecule is CCC(C)(C)NC(=O)c1cc(C(=O)c2ccc3c(c2)C(=O)N(c2ccc(Cc4ccc(C(C)(CC)CC)cc4)cc2)C3=O)ccc1C=O. The average molecular weight is 643 g/mol. The van der Waals surface area contributed by atoms with Crippen molar-refractivity contribution in [2.45, 2.75) is 78.2 Å². The summed E-state index contributed by atoms with van der Waals surface area (Å²) in [5.74, 6) is -1.87. The number of rotatable bonds is 12. The molecule has 1 aliphatic heterocycles. The lowest BCUT2D eigenvalue weighted by Crippen LogP contribution is -2.43. The Labute approximate surface area is 282 Å². The summed E-state index contributed by atoms with van der Waals surface area (Å²) in [5.41, 5.74) is 4.65. The van der Waals surface area contributed by atoms with Crippen molar-refractivity contribution < 1.29 is 24.0 Å². The van der Waals surface area contributed by atoms with Gasteiger partial charge in [0, 0.05) is 22.2 Å². The van der Waals surface area contributed by atoms with Gasteiger partial charge in [-0.2, -0.15) is 0 Å². The number of nitrogens with one attached hydrogen (secondary N) is 1. The van der Waals surface area contributed by atoms with E-state index in [1.807, 2.05) is 32.9 Å². The van der Waals surface area contributed by atoms with Gasteiger partial charge in [-0.25, -0.2) is 4.90 Å². The van der Waals surface area contributed by atoms with Gasteiger partial charge < -0.3 is 5.32 Å². The van der Waals surface area contributed by atoms with Crippen LogP contribution in [0.25, 0.3) is 0 Å². The van der Waals surface area contributed by atoms with E-state index in [2.05, 4.69) is 50.4 Å². The van der Waals surface area contributed by atoms with Crippen molar-refractivity contribution in [1.82, 2.24) is 5.32 Å². The van der Waals surface area contributed by atoms with Gasteiger partial charge in [-0.05, 0) is 92.0 Å². The molecule has 4 aromatic rings. The molecule has 7 nitrogen and oxygen atoms in total. The van der Waals surface area contributed by atoms with Crippen molar-refractivity contribution in [2.75, 3.05) is 4.90 Å². The van der Waals surface area contributed by atoms with Crippen LogP contribution in [0, 0.1) is 0 Å². The molecule has 0 aromatic heterocycles. The van der Waals surface area contributed by atoms with E-state index < -0.39 is 29.0 Å². The number of amides is 3. The fraction of sp³-hybridized carbons (Fsp3) is 0.293. The Balaban J connectivity index is 1.34. The third-order valence-corrected chi connectivity index (χ3v) is 9.99. The number of carbonyl (C=O) groups excluding carboxylic acids is 5. The number of nitrogens with zero attached hydrogens (tertiary/aromatic N) is 1. The molecule has 48 heavy (non-hydrogen) atoms. The molecule has 0 fully saturated rings. The van der Waals surface area contributed by atoms with Gasteiger partial charge >= 0.3 is 0 Å². The summed E-state index contributed by atoms with van der Waals surface area (Å²) in [6.45, 7) is 12.4. The number of imide groups is 1. The maximum Gasteiger partial charge on any atom is 0.266 e. The van der Waals surface area contributed by atoms with Gasteiger partial charge in [0.15, 0.2) is 12.1 Å². The van der Waals surface area contributed by atoms with Crippen LogP contribution >= 0.6 is 0 Å². The van der Waals surface area contributed by atoms with Crippen molar-refractivity contribution in [1.29, 1.82) is 0 Å². The zero-order valence-electron chi connectivity index (χ0n) is 28.5. The molecular weight excluding hydrogens is 600 g/mol. The third kappa shape index (κ3) is 6.63. The first-order valence-corrected chi connectivity index (χ1v) is 16.5. The lowest BCUT2D eigenvalue weighted by atomic mass is 9.77. The van der Waals surface area contributed by atoms with Crippen molar-refractivity contribution in [3.63, 3.8) is 0 Å². The van der Waals surface area contributed by atoms with Crippen molar-refractivity contribution in [3.8, 4) is 0 Å². The third-order valence-electron chi connectivity index (χ3n) is 9.99. The largest absolute Gasteiger partial charge is 0.347 e. The van der Waals surface area contributed by atoms with Crippen LogP contribution in [0.4, 0.5) is 5.69 Å². The van der Waals surface area contributed by atoms with E-state index in [0.29, 0.717) is 18.4 Å². The van der Waals surface area contributed by atoms with E-state index in [-0.39, 0.29) is 38.8 Å². The minimum Gasteiger partial charge on any atom is -0.347 e. The molecular formula is C41H42N2O5. The molecule has 0 saturated carbocycles. The van der Waals surface area contributed by atoms with Crippen LogP contribution in [0.5, 0.6) is 0 Å². The molecule has 1 aliphatic rings. The van der Waals surface area contributed by atoms with Gasteiger partial charge in [-0.15, -0.1) is 0 Å². The quantitative estimate of drug-likeness (QED) is 0.0956. The first-order chi connectivity index (χ1) is 22.8. The summed E-state index contributed by atoms with van der Waals surface area (Å²) in [6, 6.07) is 24.8. The number of anilines is 1. The Morgan fingerprint density at radius 2 is 1.27 bits per heavy atom. The van der Waals surface area contributed by atoms with Crippen molar-refractivity contribution in [2.24, 2.45) is 0 Å². The normalized spacial score (nSPS) is 13.0. The number of carbonyl (C=O) groups is 5. The molecule has 0 spiro atoms. The van der Waals surface area contributed by atoms with Crippen LogP contribution in [-0.4, -0.2) is 35.3 Å². The predicted octanol–water partition coefficient (Wildman–Crippen LogP) is 8.12. The van der Waals surface area contributed by atoms with E-state index in [9.17, 15) is 24.0 Å². The van der Waals surface area contributed by atoms with E-state index in [4.69, 9.17) is 0 Å². The average Bonchev–Trinajstić information content (AvgIpc) is 3.35. The standard InChI is InChI=1S/C41H42N2O5/c1-7-40(4,5)42-37(46)34-23-28(14-15-30(34)25-44)36(45)29-16-21-33-35(24-29)39(48)43(38(33)47)32-19-12-27(13-20-32)22-26-10-17-31(18-11-26)41(6,8-2)9-3/h10-21,23-25H,7-9,22H2,1-6H3,(H,42,46). The molecule has 5 rings (SSSR count). The summed E-state index contributed by atoms with van der Waals surface area (Å²) in [4.78, 5) is 66.3. The van der Waals surface area contributed by atoms with E-state index in [1.165, 1.54) is 47.5 Å². The fourth-order valence-corrected chi connectivity index (χ4v) is 5.93. The number of hydrogen-bond donors (Lipinski definition) is 1. The van der Waals surface area contributed by atoms with Gasteiger partial charge in [0.05, 0.1) is 22.4 Å².